The number of carboxylic acid groups (broad SMARTS) is 1. The summed E-state index contributed by atoms with van der Waals surface area (Å²) >= 11 is 0. The van der Waals surface area contributed by atoms with Gasteiger partial charge in [-0.1, -0.05) is 48.0 Å². The zero-order chi connectivity index (χ0) is 22.2. The molecular formula is C19H36N4O5. The van der Waals surface area contributed by atoms with Crippen molar-refractivity contribution in [1.29, 1.82) is 0 Å². The minimum absolute atomic E-state index is 0.0853. The van der Waals surface area contributed by atoms with Gasteiger partial charge in [-0.15, -0.1) is 0 Å². The average Bonchev–Trinajstić information content (AvgIpc) is 2.61. The van der Waals surface area contributed by atoms with Crippen molar-refractivity contribution in [2.45, 2.75) is 79.1 Å². The molecular weight excluding hydrogens is 364 g/mol. The monoisotopic (exact) mass is 400 g/mol. The molecule has 0 aliphatic rings. The SMILES string of the molecule is CCC(C)C(NC(=O)C(C)NC(=O)C(N)C(C)C)C(=O)NC(C(=O)O)C(C)C. The van der Waals surface area contributed by atoms with Gasteiger partial charge in [0.15, 0.2) is 0 Å². The number of rotatable bonds is 11. The molecule has 0 fully saturated rings. The quantitative estimate of drug-likeness (QED) is 0.335. The lowest BCUT2D eigenvalue weighted by molar-refractivity contribution is -0.144. The Balaban J connectivity index is 5.18. The molecule has 0 bridgehead atoms. The lowest BCUT2D eigenvalue weighted by atomic mass is 9.96. The Morgan fingerprint density at radius 2 is 1.29 bits per heavy atom. The molecule has 0 rings (SSSR count). The van der Waals surface area contributed by atoms with Crippen molar-refractivity contribution >= 4 is 23.7 Å². The van der Waals surface area contributed by atoms with E-state index in [9.17, 15) is 24.3 Å². The van der Waals surface area contributed by atoms with Gasteiger partial charge >= 0.3 is 5.97 Å². The van der Waals surface area contributed by atoms with Crippen LogP contribution in [0, 0.1) is 17.8 Å². The van der Waals surface area contributed by atoms with Gasteiger partial charge in [-0.3, -0.25) is 14.4 Å². The fourth-order valence-electron chi connectivity index (χ4n) is 2.41. The summed E-state index contributed by atoms with van der Waals surface area (Å²) in [5, 5.41) is 16.9. The van der Waals surface area contributed by atoms with Gasteiger partial charge in [-0.2, -0.15) is 0 Å². The molecule has 5 unspecified atom stereocenters. The summed E-state index contributed by atoms with van der Waals surface area (Å²) < 4.78 is 0. The first-order valence-electron chi connectivity index (χ1n) is 9.72. The Kier molecular flexibility index (Phi) is 10.7. The van der Waals surface area contributed by atoms with E-state index in [2.05, 4.69) is 16.0 Å². The van der Waals surface area contributed by atoms with Gasteiger partial charge in [-0.05, 0) is 24.7 Å². The number of hydrogen-bond acceptors (Lipinski definition) is 5. The van der Waals surface area contributed by atoms with Crippen LogP contribution in [-0.4, -0.2) is 53.0 Å². The van der Waals surface area contributed by atoms with Gasteiger partial charge in [0.1, 0.15) is 18.1 Å². The molecule has 0 aromatic carbocycles. The molecule has 0 aliphatic heterocycles. The number of amides is 3. The second kappa shape index (κ2) is 11.6. The van der Waals surface area contributed by atoms with Crippen LogP contribution in [0.3, 0.4) is 0 Å². The Labute approximate surface area is 167 Å². The summed E-state index contributed by atoms with van der Waals surface area (Å²) in [4.78, 5) is 48.5. The highest BCUT2D eigenvalue weighted by atomic mass is 16.4. The van der Waals surface area contributed by atoms with Gasteiger partial charge in [0.05, 0.1) is 6.04 Å². The molecule has 0 saturated carbocycles. The molecule has 5 atom stereocenters. The van der Waals surface area contributed by atoms with E-state index in [1.807, 2.05) is 6.92 Å². The van der Waals surface area contributed by atoms with Gasteiger partial charge in [0.25, 0.3) is 0 Å². The fraction of sp³-hybridized carbons (Fsp3) is 0.789. The fourth-order valence-corrected chi connectivity index (χ4v) is 2.41. The van der Waals surface area contributed by atoms with Crippen LogP contribution in [0.4, 0.5) is 0 Å². The first-order chi connectivity index (χ1) is 12.8. The number of hydrogen-bond donors (Lipinski definition) is 5. The Morgan fingerprint density at radius 1 is 0.786 bits per heavy atom. The predicted octanol–water partition coefficient (Wildman–Crippen LogP) is 0.231. The van der Waals surface area contributed by atoms with Crippen LogP contribution in [0.25, 0.3) is 0 Å². The maximum absolute atomic E-state index is 12.6. The number of carbonyl (C=O) groups excluding carboxylic acids is 3. The third kappa shape index (κ3) is 7.84. The molecule has 9 nitrogen and oxygen atoms in total. The molecule has 0 spiro atoms. The summed E-state index contributed by atoms with van der Waals surface area (Å²) in [5.41, 5.74) is 5.78. The number of nitrogens with one attached hydrogen (secondary N) is 3. The van der Waals surface area contributed by atoms with Crippen LogP contribution >= 0.6 is 0 Å². The Bertz CT molecular complexity index is 565. The van der Waals surface area contributed by atoms with Gasteiger partial charge in [0, 0.05) is 0 Å². The molecule has 28 heavy (non-hydrogen) atoms. The van der Waals surface area contributed by atoms with Crippen LogP contribution in [0.2, 0.25) is 0 Å². The van der Waals surface area contributed by atoms with E-state index in [0.717, 1.165) is 0 Å². The third-order valence-corrected chi connectivity index (χ3v) is 4.80. The lowest BCUT2D eigenvalue weighted by Gasteiger charge is -2.28. The van der Waals surface area contributed by atoms with Crippen LogP contribution in [0.15, 0.2) is 0 Å². The molecule has 0 aliphatic carbocycles. The first kappa shape index (κ1) is 25.8. The number of aliphatic carboxylic acids is 1. The number of carbonyl (C=O) groups is 4. The third-order valence-electron chi connectivity index (χ3n) is 4.80. The highest BCUT2D eigenvalue weighted by Crippen LogP contribution is 2.10. The summed E-state index contributed by atoms with van der Waals surface area (Å²) in [6.07, 6.45) is 0.594. The zero-order valence-corrected chi connectivity index (χ0v) is 17.9. The average molecular weight is 401 g/mol. The van der Waals surface area contributed by atoms with E-state index in [4.69, 9.17) is 5.73 Å². The molecule has 9 heteroatoms. The van der Waals surface area contributed by atoms with Crippen LogP contribution in [0.1, 0.15) is 54.9 Å². The zero-order valence-electron chi connectivity index (χ0n) is 17.9. The van der Waals surface area contributed by atoms with E-state index in [0.29, 0.717) is 6.42 Å². The summed E-state index contributed by atoms with van der Waals surface area (Å²) in [7, 11) is 0. The Hall–Kier alpha value is -2.16. The maximum Gasteiger partial charge on any atom is 0.326 e. The summed E-state index contributed by atoms with van der Waals surface area (Å²) in [6, 6.07) is -3.61. The van der Waals surface area contributed by atoms with Crippen molar-refractivity contribution in [3.8, 4) is 0 Å². The van der Waals surface area contributed by atoms with Crippen molar-refractivity contribution in [2.75, 3.05) is 0 Å². The van der Waals surface area contributed by atoms with Crippen LogP contribution < -0.4 is 21.7 Å². The lowest BCUT2D eigenvalue weighted by Crippen LogP contribution is -2.58. The van der Waals surface area contributed by atoms with Crippen LogP contribution in [-0.2, 0) is 19.2 Å². The topological polar surface area (TPSA) is 151 Å². The maximum atomic E-state index is 12.6. The Morgan fingerprint density at radius 3 is 1.68 bits per heavy atom. The number of nitrogens with two attached hydrogens (primary N) is 1. The second-order valence-corrected chi connectivity index (χ2v) is 7.94. The van der Waals surface area contributed by atoms with E-state index >= 15 is 0 Å². The summed E-state index contributed by atoms with van der Waals surface area (Å²) in [6.45, 7) is 12.1. The molecule has 162 valence electrons. The predicted molar refractivity (Wildman–Crippen MR) is 106 cm³/mol. The number of carboxylic acids is 1. The van der Waals surface area contributed by atoms with Gasteiger partial charge < -0.3 is 26.8 Å². The van der Waals surface area contributed by atoms with E-state index in [1.165, 1.54) is 6.92 Å². The van der Waals surface area contributed by atoms with Gasteiger partial charge in [-0.25, -0.2) is 4.79 Å². The van der Waals surface area contributed by atoms with E-state index in [-0.39, 0.29) is 17.8 Å². The molecule has 0 radical (unpaired) electrons. The van der Waals surface area contributed by atoms with Crippen LogP contribution in [0.5, 0.6) is 0 Å². The van der Waals surface area contributed by atoms with Crippen molar-refractivity contribution in [1.82, 2.24) is 16.0 Å². The normalized spacial score (nSPS) is 16.6. The van der Waals surface area contributed by atoms with Gasteiger partial charge in [0.2, 0.25) is 17.7 Å². The van der Waals surface area contributed by atoms with E-state index < -0.39 is 47.9 Å². The molecule has 0 aromatic heterocycles. The standard InChI is InChI=1S/C19H36N4O5/c1-8-11(6)15(18(26)22-14(10(4)5)19(27)28)23-16(24)12(7)21-17(25)13(20)9(2)3/h9-15H,8,20H2,1-7H3,(H,21,25)(H,22,26)(H,23,24)(H,27,28). The highest BCUT2D eigenvalue weighted by Gasteiger charge is 2.32. The molecule has 0 saturated heterocycles. The smallest absolute Gasteiger partial charge is 0.326 e. The van der Waals surface area contributed by atoms with Crippen molar-refractivity contribution < 1.29 is 24.3 Å². The minimum atomic E-state index is -1.14. The van der Waals surface area contributed by atoms with Crippen molar-refractivity contribution in [2.24, 2.45) is 23.5 Å². The van der Waals surface area contributed by atoms with Crippen molar-refractivity contribution in [3.05, 3.63) is 0 Å². The molecule has 0 aromatic rings. The molecule has 6 N–H and O–H groups in total. The summed E-state index contributed by atoms with van der Waals surface area (Å²) in [5.74, 6) is -3.33. The molecule has 0 heterocycles. The largest absolute Gasteiger partial charge is 0.480 e. The second-order valence-electron chi connectivity index (χ2n) is 7.94. The highest BCUT2D eigenvalue weighted by molar-refractivity contribution is 5.94. The van der Waals surface area contributed by atoms with Crippen molar-refractivity contribution in [3.63, 3.8) is 0 Å². The minimum Gasteiger partial charge on any atom is -0.480 e. The van der Waals surface area contributed by atoms with E-state index in [1.54, 1.807) is 34.6 Å². The molecule has 3 amide bonds. The first-order valence-corrected chi connectivity index (χ1v) is 9.72.